The molecule has 0 bridgehead atoms. The van der Waals surface area contributed by atoms with Crippen LogP contribution in [0.5, 0.6) is 0 Å². The lowest BCUT2D eigenvalue weighted by molar-refractivity contribution is 0.650. The van der Waals surface area contributed by atoms with E-state index < -0.39 is 0 Å². The third kappa shape index (κ3) is 1.72. The van der Waals surface area contributed by atoms with Crippen molar-refractivity contribution in [1.82, 2.24) is 5.32 Å². The summed E-state index contributed by atoms with van der Waals surface area (Å²) in [4.78, 5) is 0. The highest BCUT2D eigenvalue weighted by molar-refractivity contribution is 9.10. The Morgan fingerprint density at radius 2 is 2.21 bits per heavy atom. The molecule has 0 aliphatic carbocycles. The van der Waals surface area contributed by atoms with Crippen LogP contribution in [0.3, 0.4) is 0 Å². The normalized spacial score (nSPS) is 26.8. The molecular formula is C11H15BrN2. The number of halogens is 1. The molecule has 3 heteroatoms. The highest BCUT2D eigenvalue weighted by Crippen LogP contribution is 2.30. The first-order valence-electron chi connectivity index (χ1n) is 4.91. The van der Waals surface area contributed by atoms with E-state index >= 15 is 0 Å². The predicted molar refractivity (Wildman–Crippen MR) is 62.5 cm³/mol. The van der Waals surface area contributed by atoms with Crippen LogP contribution in [-0.2, 0) is 0 Å². The summed E-state index contributed by atoms with van der Waals surface area (Å²) >= 11 is 3.63. The molecule has 76 valence electrons. The lowest BCUT2D eigenvalue weighted by atomic mass is 9.94. The summed E-state index contributed by atoms with van der Waals surface area (Å²) < 4.78 is 1.21. The molecule has 1 aliphatic rings. The van der Waals surface area contributed by atoms with Crippen LogP contribution in [0.15, 0.2) is 22.7 Å². The quantitative estimate of drug-likeness (QED) is 0.802. The van der Waals surface area contributed by atoms with E-state index in [1.54, 1.807) is 0 Å². The van der Waals surface area contributed by atoms with Gasteiger partial charge in [-0.05, 0) is 18.1 Å². The van der Waals surface area contributed by atoms with Crippen molar-refractivity contribution < 1.29 is 0 Å². The zero-order valence-corrected chi connectivity index (χ0v) is 9.84. The topological polar surface area (TPSA) is 38.0 Å². The fourth-order valence-corrected chi connectivity index (χ4v) is 2.55. The summed E-state index contributed by atoms with van der Waals surface area (Å²) in [5, 5.41) is 3.32. The third-order valence-electron chi connectivity index (χ3n) is 2.88. The van der Waals surface area contributed by atoms with E-state index in [0.29, 0.717) is 5.92 Å². The molecule has 3 N–H and O–H groups in total. The Morgan fingerprint density at radius 1 is 1.43 bits per heavy atom. The van der Waals surface area contributed by atoms with Gasteiger partial charge in [0.2, 0.25) is 0 Å². The number of rotatable bonds is 1. The number of aryl methyl sites for hydroxylation is 1. The van der Waals surface area contributed by atoms with Gasteiger partial charge in [-0.15, -0.1) is 0 Å². The van der Waals surface area contributed by atoms with Crippen molar-refractivity contribution in [3.63, 3.8) is 0 Å². The van der Waals surface area contributed by atoms with Gasteiger partial charge in [-0.1, -0.05) is 34.1 Å². The zero-order chi connectivity index (χ0) is 10.1. The maximum absolute atomic E-state index is 6.05. The molecule has 2 unspecified atom stereocenters. The van der Waals surface area contributed by atoms with Crippen LogP contribution in [0.25, 0.3) is 0 Å². The first kappa shape index (κ1) is 10.1. The monoisotopic (exact) mass is 254 g/mol. The van der Waals surface area contributed by atoms with Gasteiger partial charge in [0.1, 0.15) is 0 Å². The van der Waals surface area contributed by atoms with E-state index in [2.05, 4.69) is 46.4 Å². The number of hydrogen-bond donors (Lipinski definition) is 2. The van der Waals surface area contributed by atoms with Gasteiger partial charge in [-0.25, -0.2) is 0 Å². The van der Waals surface area contributed by atoms with Gasteiger partial charge in [-0.3, -0.25) is 0 Å². The molecule has 2 nitrogen and oxygen atoms in total. The van der Waals surface area contributed by atoms with E-state index in [-0.39, 0.29) is 6.04 Å². The highest BCUT2D eigenvalue weighted by Gasteiger charge is 2.26. The van der Waals surface area contributed by atoms with Crippen LogP contribution < -0.4 is 11.1 Å². The summed E-state index contributed by atoms with van der Waals surface area (Å²) in [5.41, 5.74) is 8.66. The van der Waals surface area contributed by atoms with Crippen LogP contribution in [0.4, 0.5) is 0 Å². The van der Waals surface area contributed by atoms with Crippen molar-refractivity contribution in [3.05, 3.63) is 33.8 Å². The summed E-state index contributed by atoms with van der Waals surface area (Å²) in [7, 11) is 0. The van der Waals surface area contributed by atoms with Crippen molar-refractivity contribution in [2.24, 2.45) is 5.73 Å². The first-order valence-corrected chi connectivity index (χ1v) is 5.70. The minimum absolute atomic E-state index is 0.244. The summed E-state index contributed by atoms with van der Waals surface area (Å²) in [5.74, 6) is 0.448. The van der Waals surface area contributed by atoms with Crippen molar-refractivity contribution in [1.29, 1.82) is 0 Å². The number of hydrogen-bond acceptors (Lipinski definition) is 2. The molecular weight excluding hydrogens is 240 g/mol. The van der Waals surface area contributed by atoms with Crippen LogP contribution in [0.2, 0.25) is 0 Å². The Kier molecular flexibility index (Phi) is 2.91. The SMILES string of the molecule is Cc1cccc(C2CNCC2N)c1Br. The van der Waals surface area contributed by atoms with E-state index in [0.717, 1.165) is 13.1 Å². The molecule has 0 aromatic heterocycles. The number of benzene rings is 1. The lowest BCUT2D eigenvalue weighted by Gasteiger charge is -2.17. The second kappa shape index (κ2) is 4.01. The summed E-state index contributed by atoms with van der Waals surface area (Å²) in [6.07, 6.45) is 0. The molecule has 1 aliphatic heterocycles. The van der Waals surface area contributed by atoms with Gasteiger partial charge in [-0.2, -0.15) is 0 Å². The van der Waals surface area contributed by atoms with Crippen LogP contribution >= 0.6 is 15.9 Å². The second-order valence-corrected chi connectivity index (χ2v) is 4.70. The molecule has 1 aromatic carbocycles. The fourth-order valence-electron chi connectivity index (χ4n) is 2.00. The molecule has 0 spiro atoms. The van der Waals surface area contributed by atoms with Crippen LogP contribution in [0.1, 0.15) is 17.0 Å². The minimum atomic E-state index is 0.244. The Hall–Kier alpha value is -0.380. The zero-order valence-electron chi connectivity index (χ0n) is 8.26. The minimum Gasteiger partial charge on any atom is -0.326 e. The Labute approximate surface area is 93.0 Å². The maximum Gasteiger partial charge on any atom is 0.0247 e. The molecule has 0 saturated carbocycles. The van der Waals surface area contributed by atoms with Gasteiger partial charge in [0.15, 0.2) is 0 Å². The van der Waals surface area contributed by atoms with Crippen molar-refractivity contribution in [2.45, 2.75) is 18.9 Å². The average Bonchev–Trinajstić information content (AvgIpc) is 2.57. The molecule has 14 heavy (non-hydrogen) atoms. The van der Waals surface area contributed by atoms with Crippen LogP contribution in [0, 0.1) is 6.92 Å². The summed E-state index contributed by atoms with van der Waals surface area (Å²) in [6, 6.07) is 6.62. The Morgan fingerprint density at radius 3 is 2.86 bits per heavy atom. The first-order chi connectivity index (χ1) is 6.70. The number of nitrogens with two attached hydrogens (primary N) is 1. The summed E-state index contributed by atoms with van der Waals surface area (Å²) in [6.45, 7) is 4.02. The van der Waals surface area contributed by atoms with Gasteiger partial charge in [0.25, 0.3) is 0 Å². The smallest absolute Gasteiger partial charge is 0.0247 e. The molecule has 1 heterocycles. The van der Waals surface area contributed by atoms with E-state index in [1.807, 2.05) is 0 Å². The molecule has 2 atom stereocenters. The Balaban J connectivity index is 2.36. The molecule has 1 aromatic rings. The average molecular weight is 255 g/mol. The van der Waals surface area contributed by atoms with E-state index in [4.69, 9.17) is 5.73 Å². The largest absolute Gasteiger partial charge is 0.326 e. The predicted octanol–water partition coefficient (Wildman–Crippen LogP) is 1.77. The highest BCUT2D eigenvalue weighted by atomic mass is 79.9. The lowest BCUT2D eigenvalue weighted by Crippen LogP contribution is -2.27. The Bertz CT molecular complexity index is 338. The second-order valence-electron chi connectivity index (χ2n) is 3.91. The molecule has 2 rings (SSSR count). The third-order valence-corrected chi connectivity index (χ3v) is 3.97. The van der Waals surface area contributed by atoms with Crippen LogP contribution in [-0.4, -0.2) is 19.1 Å². The van der Waals surface area contributed by atoms with Crippen molar-refractivity contribution >= 4 is 15.9 Å². The standard InChI is InChI=1S/C11H15BrN2/c1-7-3-2-4-8(11(7)12)9-5-14-6-10(9)13/h2-4,9-10,14H,5-6,13H2,1H3. The molecule has 0 amide bonds. The maximum atomic E-state index is 6.05. The number of nitrogens with one attached hydrogen (secondary N) is 1. The molecule has 1 fully saturated rings. The molecule has 1 saturated heterocycles. The van der Waals surface area contributed by atoms with Gasteiger partial charge in [0, 0.05) is 29.5 Å². The fraction of sp³-hybridized carbons (Fsp3) is 0.455. The van der Waals surface area contributed by atoms with Gasteiger partial charge < -0.3 is 11.1 Å². The van der Waals surface area contributed by atoms with E-state index in [1.165, 1.54) is 15.6 Å². The van der Waals surface area contributed by atoms with Gasteiger partial charge >= 0.3 is 0 Å². The van der Waals surface area contributed by atoms with E-state index in [9.17, 15) is 0 Å². The van der Waals surface area contributed by atoms with Gasteiger partial charge in [0.05, 0.1) is 0 Å². The molecule has 0 radical (unpaired) electrons. The van der Waals surface area contributed by atoms with Crippen molar-refractivity contribution in [3.8, 4) is 0 Å². The van der Waals surface area contributed by atoms with Crippen molar-refractivity contribution in [2.75, 3.05) is 13.1 Å².